The molecule has 0 amide bonds. The Morgan fingerprint density at radius 2 is 1.11 bits per heavy atom. The molecule has 8 aromatic carbocycles. The molecule has 0 saturated carbocycles. The lowest BCUT2D eigenvalue weighted by atomic mass is 9.83. The average Bonchev–Trinajstić information content (AvgIpc) is 3.57. The van der Waals surface area contributed by atoms with Crippen molar-refractivity contribution >= 4 is 38.4 Å². The smallest absolute Gasteiger partial charge is 0.193 e. The SMILES string of the molecule is COc1ccc2c(c1)c1cc(OC)ccc1n2-c1ccc2cc3c(cc2c1)Cc1ccc(-c2ccc(C(=O)c4ccccc4-c4ccccc4)cc2)cc1C3. The molecule has 0 aliphatic heterocycles. The molecule has 1 heterocycles. The first-order chi connectivity index (χ1) is 27.0. The molecule has 9 aromatic rings. The summed E-state index contributed by atoms with van der Waals surface area (Å²) in [5.74, 6) is 1.69. The second-order valence-corrected chi connectivity index (χ2v) is 14.4. The molecule has 0 spiro atoms. The number of carbonyl (C=O) groups excluding carboxylic acids is 1. The van der Waals surface area contributed by atoms with Gasteiger partial charge in [-0.2, -0.15) is 0 Å². The molecule has 0 unspecified atom stereocenters. The Morgan fingerprint density at radius 3 is 1.82 bits per heavy atom. The van der Waals surface area contributed by atoms with Gasteiger partial charge in [0.1, 0.15) is 11.5 Å². The van der Waals surface area contributed by atoms with Crippen molar-refractivity contribution in [3.63, 3.8) is 0 Å². The summed E-state index contributed by atoms with van der Waals surface area (Å²) >= 11 is 0. The number of ketones is 1. The van der Waals surface area contributed by atoms with Crippen molar-refractivity contribution in [3.8, 4) is 39.4 Å². The van der Waals surface area contributed by atoms with Crippen LogP contribution < -0.4 is 9.47 Å². The van der Waals surface area contributed by atoms with Crippen molar-refractivity contribution in [1.82, 2.24) is 4.57 Å². The number of hydrogen-bond donors (Lipinski definition) is 0. The molecule has 4 heteroatoms. The van der Waals surface area contributed by atoms with Crippen LogP contribution in [0.15, 0.2) is 164 Å². The molecule has 55 heavy (non-hydrogen) atoms. The quantitative estimate of drug-likeness (QED) is 0.155. The van der Waals surface area contributed by atoms with Crippen LogP contribution in [-0.4, -0.2) is 24.6 Å². The number of nitrogens with zero attached hydrogens (tertiary/aromatic N) is 1. The zero-order chi connectivity index (χ0) is 37.0. The Labute approximate surface area is 319 Å². The van der Waals surface area contributed by atoms with Gasteiger partial charge in [0.25, 0.3) is 0 Å². The Balaban J connectivity index is 0.941. The van der Waals surface area contributed by atoms with Gasteiger partial charge >= 0.3 is 0 Å². The minimum atomic E-state index is 0.0313. The van der Waals surface area contributed by atoms with Gasteiger partial charge in [-0.3, -0.25) is 4.79 Å². The van der Waals surface area contributed by atoms with Gasteiger partial charge in [0.2, 0.25) is 0 Å². The molecule has 264 valence electrons. The van der Waals surface area contributed by atoms with Crippen LogP contribution in [0.4, 0.5) is 0 Å². The van der Waals surface area contributed by atoms with Crippen molar-refractivity contribution in [2.45, 2.75) is 12.8 Å². The second-order valence-electron chi connectivity index (χ2n) is 14.4. The van der Waals surface area contributed by atoms with Crippen LogP contribution >= 0.6 is 0 Å². The van der Waals surface area contributed by atoms with Gasteiger partial charge in [-0.15, -0.1) is 0 Å². The molecule has 0 fully saturated rings. The van der Waals surface area contributed by atoms with E-state index in [9.17, 15) is 4.79 Å². The lowest BCUT2D eigenvalue weighted by Gasteiger charge is -2.22. The molecule has 0 atom stereocenters. The maximum atomic E-state index is 13.7. The molecular formula is C51H37NO3. The highest BCUT2D eigenvalue weighted by Gasteiger charge is 2.20. The van der Waals surface area contributed by atoms with Crippen LogP contribution in [-0.2, 0) is 12.8 Å². The van der Waals surface area contributed by atoms with Crippen LogP contribution in [0.25, 0.3) is 60.5 Å². The normalized spacial score (nSPS) is 12.1. The summed E-state index contributed by atoms with van der Waals surface area (Å²) in [6.45, 7) is 0. The number of aromatic nitrogens is 1. The van der Waals surface area contributed by atoms with E-state index in [4.69, 9.17) is 9.47 Å². The molecule has 0 bridgehead atoms. The van der Waals surface area contributed by atoms with Crippen LogP contribution in [0, 0.1) is 0 Å². The molecule has 1 aromatic heterocycles. The molecule has 0 radical (unpaired) electrons. The zero-order valence-electron chi connectivity index (χ0n) is 30.7. The molecule has 4 nitrogen and oxygen atoms in total. The fourth-order valence-corrected chi connectivity index (χ4v) is 8.43. The number of hydrogen-bond acceptors (Lipinski definition) is 3. The highest BCUT2D eigenvalue weighted by Crippen LogP contribution is 2.38. The fraction of sp³-hybridized carbons (Fsp3) is 0.0784. The molecule has 1 aliphatic rings. The van der Waals surface area contributed by atoms with Crippen LogP contribution in [0.5, 0.6) is 11.5 Å². The minimum absolute atomic E-state index is 0.0313. The molecule has 10 rings (SSSR count). The minimum Gasteiger partial charge on any atom is -0.497 e. The lowest BCUT2D eigenvalue weighted by Crippen LogP contribution is -2.08. The Bertz CT molecular complexity index is 2900. The summed E-state index contributed by atoms with van der Waals surface area (Å²) in [5.41, 5.74) is 14.5. The van der Waals surface area contributed by atoms with E-state index in [2.05, 4.69) is 89.5 Å². The summed E-state index contributed by atoms with van der Waals surface area (Å²) in [5, 5.41) is 4.72. The summed E-state index contributed by atoms with van der Waals surface area (Å²) < 4.78 is 13.5. The average molecular weight is 712 g/mol. The third-order valence-corrected chi connectivity index (χ3v) is 11.3. The molecular weight excluding hydrogens is 675 g/mol. The maximum absolute atomic E-state index is 13.7. The summed E-state index contributed by atoms with van der Waals surface area (Å²) in [6, 6.07) is 57.0. The number of benzene rings is 8. The number of methoxy groups -OCH3 is 2. The summed E-state index contributed by atoms with van der Waals surface area (Å²) in [4.78, 5) is 13.7. The van der Waals surface area contributed by atoms with E-state index >= 15 is 0 Å². The largest absolute Gasteiger partial charge is 0.497 e. The first kappa shape index (κ1) is 32.7. The van der Waals surface area contributed by atoms with Gasteiger partial charge in [0.15, 0.2) is 5.78 Å². The topological polar surface area (TPSA) is 40.5 Å². The van der Waals surface area contributed by atoms with E-state index in [0.717, 1.165) is 74.1 Å². The highest BCUT2D eigenvalue weighted by atomic mass is 16.5. The van der Waals surface area contributed by atoms with Gasteiger partial charge < -0.3 is 14.0 Å². The van der Waals surface area contributed by atoms with E-state index < -0.39 is 0 Å². The summed E-state index contributed by atoms with van der Waals surface area (Å²) in [7, 11) is 3.42. The zero-order valence-corrected chi connectivity index (χ0v) is 30.7. The van der Waals surface area contributed by atoms with Crippen molar-refractivity contribution in [2.75, 3.05) is 14.2 Å². The van der Waals surface area contributed by atoms with Crippen molar-refractivity contribution in [3.05, 3.63) is 197 Å². The fourth-order valence-electron chi connectivity index (χ4n) is 8.43. The van der Waals surface area contributed by atoms with Crippen LogP contribution in [0.1, 0.15) is 38.2 Å². The maximum Gasteiger partial charge on any atom is 0.193 e. The predicted molar refractivity (Wildman–Crippen MR) is 224 cm³/mol. The summed E-state index contributed by atoms with van der Waals surface area (Å²) in [6.07, 6.45) is 1.79. The van der Waals surface area contributed by atoms with Crippen molar-refractivity contribution < 1.29 is 14.3 Å². The first-order valence-electron chi connectivity index (χ1n) is 18.7. The number of carbonyl (C=O) groups is 1. The Kier molecular flexibility index (Phi) is 7.85. The van der Waals surface area contributed by atoms with E-state index in [0.29, 0.717) is 11.1 Å². The lowest BCUT2D eigenvalue weighted by molar-refractivity contribution is 0.103. The van der Waals surface area contributed by atoms with Gasteiger partial charge in [0, 0.05) is 27.6 Å². The van der Waals surface area contributed by atoms with Gasteiger partial charge in [-0.05, 0) is 117 Å². The predicted octanol–water partition coefficient (Wildman–Crippen LogP) is 12.0. The molecule has 1 aliphatic carbocycles. The molecule has 0 saturated heterocycles. The van der Waals surface area contributed by atoms with E-state index in [1.54, 1.807) is 14.2 Å². The first-order valence-corrected chi connectivity index (χ1v) is 18.7. The third-order valence-electron chi connectivity index (χ3n) is 11.3. The van der Waals surface area contributed by atoms with E-state index in [-0.39, 0.29) is 5.78 Å². The van der Waals surface area contributed by atoms with Gasteiger partial charge in [0.05, 0.1) is 25.3 Å². The number of fused-ring (bicyclic) bond motifs is 6. The molecule has 0 N–H and O–H groups in total. The Morgan fingerprint density at radius 1 is 0.491 bits per heavy atom. The highest BCUT2D eigenvalue weighted by molar-refractivity contribution is 6.13. The second kappa shape index (κ2) is 13.2. The monoisotopic (exact) mass is 711 g/mol. The number of ether oxygens (including phenoxy) is 2. The third kappa shape index (κ3) is 5.66. The van der Waals surface area contributed by atoms with Crippen molar-refractivity contribution in [1.29, 1.82) is 0 Å². The van der Waals surface area contributed by atoms with E-state index in [1.165, 1.54) is 33.0 Å². The van der Waals surface area contributed by atoms with E-state index in [1.807, 2.05) is 78.9 Å². The Hall–Kier alpha value is -6.91. The van der Waals surface area contributed by atoms with Crippen molar-refractivity contribution in [2.24, 2.45) is 0 Å². The standard InChI is InChI=1S/C51H37NO3/c1-54-43-20-22-49-47(30-43)48-31-44(55-2)21-23-50(48)52(49)42-19-18-37-26-39-27-38-24-35(16-17-36(38)25-40(39)28-41(37)29-42)32-12-14-34(15-13-32)51(53)46-11-7-6-10-45(46)33-8-4-3-5-9-33/h3-24,26,28-31H,25,27H2,1-2H3. The van der Waals surface area contributed by atoms with Gasteiger partial charge in [-0.1, -0.05) is 115 Å². The number of rotatable bonds is 7. The van der Waals surface area contributed by atoms with Gasteiger partial charge in [-0.25, -0.2) is 0 Å². The van der Waals surface area contributed by atoms with Crippen LogP contribution in [0.2, 0.25) is 0 Å². The van der Waals surface area contributed by atoms with Crippen LogP contribution in [0.3, 0.4) is 0 Å².